The summed E-state index contributed by atoms with van der Waals surface area (Å²) >= 11 is 0. The fourth-order valence-corrected chi connectivity index (χ4v) is 6.95. The molecule has 0 amide bonds. The normalized spacial score (nSPS) is 47.3. The van der Waals surface area contributed by atoms with Crippen molar-refractivity contribution in [2.24, 2.45) is 34.5 Å². The van der Waals surface area contributed by atoms with Crippen LogP contribution in [0.3, 0.4) is 0 Å². The standard InChI is InChI=1S/C22H30O4/c1-13(24)26-16-6-8-21(2)15(11-16)4-5-17-18(21)7-9-22(3)19(17)10-14(12-23)20(22)25/h4,12,14,16-19H,5-11H2,1-3H3. The van der Waals surface area contributed by atoms with Gasteiger partial charge in [-0.15, -0.1) is 0 Å². The van der Waals surface area contributed by atoms with Crippen LogP contribution in [0.25, 0.3) is 0 Å². The van der Waals surface area contributed by atoms with Gasteiger partial charge in [0.2, 0.25) is 0 Å². The molecule has 3 fully saturated rings. The molecule has 0 N–H and O–H groups in total. The van der Waals surface area contributed by atoms with E-state index >= 15 is 0 Å². The number of carbonyl (C=O) groups excluding carboxylic acids is 3. The van der Waals surface area contributed by atoms with E-state index in [0.717, 1.165) is 51.2 Å². The number of allylic oxidation sites excluding steroid dienone is 1. The van der Waals surface area contributed by atoms with Crippen molar-refractivity contribution in [3.63, 3.8) is 0 Å². The Labute approximate surface area is 155 Å². The molecule has 0 saturated heterocycles. The van der Waals surface area contributed by atoms with E-state index in [1.165, 1.54) is 12.5 Å². The van der Waals surface area contributed by atoms with Gasteiger partial charge >= 0.3 is 5.97 Å². The van der Waals surface area contributed by atoms with Crippen LogP contribution in [0.1, 0.15) is 65.7 Å². The van der Waals surface area contributed by atoms with Gasteiger partial charge < -0.3 is 9.53 Å². The summed E-state index contributed by atoms with van der Waals surface area (Å²) in [4.78, 5) is 35.5. The lowest BCUT2D eigenvalue weighted by Crippen LogP contribution is -2.50. The molecule has 0 bridgehead atoms. The lowest BCUT2D eigenvalue weighted by atomic mass is 9.48. The summed E-state index contributed by atoms with van der Waals surface area (Å²) in [6, 6.07) is 0. The smallest absolute Gasteiger partial charge is 0.302 e. The summed E-state index contributed by atoms with van der Waals surface area (Å²) in [6.07, 6.45) is 9.84. The highest BCUT2D eigenvalue weighted by Gasteiger charge is 2.61. The third-order valence-corrected chi connectivity index (χ3v) is 8.35. The number of rotatable bonds is 2. The molecule has 4 nitrogen and oxygen atoms in total. The molecule has 4 aliphatic rings. The lowest BCUT2D eigenvalue weighted by Gasteiger charge is -2.56. The van der Waals surface area contributed by atoms with Crippen LogP contribution in [0.2, 0.25) is 0 Å². The molecule has 26 heavy (non-hydrogen) atoms. The van der Waals surface area contributed by atoms with Crippen LogP contribution in [-0.4, -0.2) is 24.1 Å². The van der Waals surface area contributed by atoms with E-state index in [2.05, 4.69) is 19.9 Å². The van der Waals surface area contributed by atoms with Gasteiger partial charge in [0.1, 0.15) is 18.2 Å². The maximum Gasteiger partial charge on any atom is 0.302 e. The fraction of sp³-hybridized carbons (Fsp3) is 0.773. The Balaban J connectivity index is 1.61. The SMILES string of the molecule is CC(=O)OC1CCC2(C)C(=CCC3C4CC(C=O)C(=O)C4(C)CCC32)C1. The zero-order valence-corrected chi connectivity index (χ0v) is 16.1. The Morgan fingerprint density at radius 2 is 1.92 bits per heavy atom. The van der Waals surface area contributed by atoms with E-state index in [0.29, 0.717) is 17.8 Å². The van der Waals surface area contributed by atoms with Gasteiger partial charge in [-0.1, -0.05) is 25.5 Å². The minimum atomic E-state index is -0.387. The second-order valence-electron chi connectivity index (χ2n) is 9.53. The van der Waals surface area contributed by atoms with Crippen LogP contribution in [0.15, 0.2) is 11.6 Å². The molecule has 0 spiro atoms. The van der Waals surface area contributed by atoms with Crippen LogP contribution < -0.4 is 0 Å². The molecule has 0 heterocycles. The molecular weight excluding hydrogens is 328 g/mol. The first-order chi connectivity index (χ1) is 12.3. The number of ketones is 1. The van der Waals surface area contributed by atoms with Crippen LogP contribution in [0.5, 0.6) is 0 Å². The van der Waals surface area contributed by atoms with Crippen molar-refractivity contribution in [3.8, 4) is 0 Å². The Bertz CT molecular complexity index is 680. The van der Waals surface area contributed by atoms with Crippen molar-refractivity contribution >= 4 is 18.0 Å². The molecule has 0 aliphatic heterocycles. The van der Waals surface area contributed by atoms with E-state index in [1.54, 1.807) is 0 Å². The van der Waals surface area contributed by atoms with Crippen molar-refractivity contribution in [1.82, 2.24) is 0 Å². The van der Waals surface area contributed by atoms with Crippen molar-refractivity contribution in [3.05, 3.63) is 11.6 Å². The molecule has 3 saturated carbocycles. The predicted molar refractivity (Wildman–Crippen MR) is 97.2 cm³/mol. The quantitative estimate of drug-likeness (QED) is 0.325. The maximum atomic E-state index is 12.8. The number of fused-ring (bicyclic) bond motifs is 5. The Kier molecular flexibility index (Phi) is 4.16. The highest BCUT2D eigenvalue weighted by Crippen LogP contribution is 2.64. The zero-order chi connectivity index (χ0) is 18.7. The summed E-state index contributed by atoms with van der Waals surface area (Å²) in [7, 11) is 0. The Morgan fingerprint density at radius 1 is 1.19 bits per heavy atom. The van der Waals surface area contributed by atoms with E-state index in [-0.39, 0.29) is 34.6 Å². The third kappa shape index (κ3) is 2.44. The number of hydrogen-bond acceptors (Lipinski definition) is 4. The van der Waals surface area contributed by atoms with Gasteiger partial charge in [-0.05, 0) is 61.7 Å². The number of ether oxygens (including phenoxy) is 1. The second kappa shape index (κ2) is 6.03. The largest absolute Gasteiger partial charge is 0.462 e. The van der Waals surface area contributed by atoms with E-state index in [1.807, 2.05) is 0 Å². The average Bonchev–Trinajstić information content (AvgIpc) is 2.86. The molecule has 142 valence electrons. The van der Waals surface area contributed by atoms with Gasteiger partial charge in [-0.2, -0.15) is 0 Å². The van der Waals surface area contributed by atoms with Gasteiger partial charge in [0.25, 0.3) is 0 Å². The van der Waals surface area contributed by atoms with Crippen LogP contribution in [0.4, 0.5) is 0 Å². The molecule has 4 rings (SSSR count). The zero-order valence-electron chi connectivity index (χ0n) is 16.1. The van der Waals surface area contributed by atoms with Gasteiger partial charge in [-0.25, -0.2) is 0 Å². The van der Waals surface area contributed by atoms with Gasteiger partial charge in [0, 0.05) is 18.8 Å². The minimum absolute atomic E-state index is 0.0183. The molecule has 0 radical (unpaired) electrons. The number of hydrogen-bond donors (Lipinski definition) is 0. The monoisotopic (exact) mass is 358 g/mol. The van der Waals surface area contributed by atoms with Gasteiger partial charge in [0.05, 0.1) is 5.92 Å². The first-order valence-corrected chi connectivity index (χ1v) is 10.2. The van der Waals surface area contributed by atoms with Gasteiger partial charge in [-0.3, -0.25) is 9.59 Å². The van der Waals surface area contributed by atoms with Crippen LogP contribution in [0, 0.1) is 34.5 Å². The first-order valence-electron chi connectivity index (χ1n) is 10.2. The van der Waals surface area contributed by atoms with Crippen molar-refractivity contribution in [1.29, 1.82) is 0 Å². The summed E-state index contributed by atoms with van der Waals surface area (Å²) in [5.74, 6) is 1.03. The summed E-state index contributed by atoms with van der Waals surface area (Å²) in [6.45, 7) is 5.98. The maximum absolute atomic E-state index is 12.8. The Hall–Kier alpha value is -1.45. The Morgan fingerprint density at radius 3 is 2.62 bits per heavy atom. The summed E-state index contributed by atoms with van der Waals surface area (Å²) < 4.78 is 5.49. The number of carbonyl (C=O) groups is 3. The molecule has 0 aromatic carbocycles. The highest BCUT2D eigenvalue weighted by atomic mass is 16.5. The molecule has 0 aromatic heterocycles. The summed E-state index contributed by atoms with van der Waals surface area (Å²) in [5.41, 5.74) is 1.31. The van der Waals surface area contributed by atoms with Crippen molar-refractivity contribution < 1.29 is 19.1 Å². The van der Waals surface area contributed by atoms with Crippen molar-refractivity contribution in [2.75, 3.05) is 0 Å². The predicted octanol–water partition coefficient (Wildman–Crippen LogP) is 3.88. The fourth-order valence-electron chi connectivity index (χ4n) is 6.95. The molecule has 7 unspecified atom stereocenters. The average molecular weight is 358 g/mol. The number of esters is 1. The lowest BCUT2D eigenvalue weighted by molar-refractivity contribution is -0.148. The molecule has 4 heteroatoms. The van der Waals surface area contributed by atoms with Gasteiger partial charge in [0.15, 0.2) is 0 Å². The topological polar surface area (TPSA) is 60.4 Å². The molecule has 4 aliphatic carbocycles. The van der Waals surface area contributed by atoms with Crippen LogP contribution in [-0.2, 0) is 19.1 Å². The van der Waals surface area contributed by atoms with E-state index in [4.69, 9.17) is 4.74 Å². The van der Waals surface area contributed by atoms with Crippen molar-refractivity contribution in [2.45, 2.75) is 71.8 Å². The van der Waals surface area contributed by atoms with E-state index < -0.39 is 0 Å². The summed E-state index contributed by atoms with van der Waals surface area (Å²) in [5, 5.41) is 0. The molecular formula is C22H30O4. The third-order valence-electron chi connectivity index (χ3n) is 8.35. The van der Waals surface area contributed by atoms with E-state index in [9.17, 15) is 14.4 Å². The number of aldehydes is 1. The minimum Gasteiger partial charge on any atom is -0.462 e. The number of Topliss-reactive ketones (excluding diaryl/α,β-unsaturated/α-hetero) is 1. The second-order valence-corrected chi connectivity index (χ2v) is 9.53. The first kappa shape index (κ1) is 17.9. The molecule has 7 atom stereocenters. The van der Waals surface area contributed by atoms with Crippen LogP contribution >= 0.6 is 0 Å². The molecule has 0 aromatic rings. The highest BCUT2D eigenvalue weighted by molar-refractivity contribution is 5.99.